The van der Waals surface area contributed by atoms with Crippen LogP contribution < -0.4 is 10.6 Å². The lowest BCUT2D eigenvalue weighted by Crippen LogP contribution is -2.21. The maximum atomic E-state index is 3.24. The molecular formula is C8H15N3. The molecule has 0 aliphatic carbocycles. The summed E-state index contributed by atoms with van der Waals surface area (Å²) in [6, 6.07) is 4.00. The third-order valence-corrected chi connectivity index (χ3v) is 1.47. The van der Waals surface area contributed by atoms with E-state index >= 15 is 0 Å². The first-order valence-corrected chi connectivity index (χ1v) is 4.01. The highest BCUT2D eigenvalue weighted by Gasteiger charge is 1.87. The predicted octanol–water partition coefficient (Wildman–Crippen LogP) is 1.04. The Morgan fingerprint density at radius 3 is 3.00 bits per heavy atom. The van der Waals surface area contributed by atoms with Gasteiger partial charge in [-0.1, -0.05) is 6.92 Å². The summed E-state index contributed by atoms with van der Waals surface area (Å²) in [5.74, 6) is 1.09. The number of rotatable bonds is 5. The Labute approximate surface area is 67.2 Å². The van der Waals surface area contributed by atoms with Crippen molar-refractivity contribution in [1.82, 2.24) is 10.3 Å². The minimum absolute atomic E-state index is 0.967. The van der Waals surface area contributed by atoms with Gasteiger partial charge >= 0.3 is 0 Å². The zero-order chi connectivity index (χ0) is 7.94. The molecule has 0 bridgehead atoms. The van der Waals surface area contributed by atoms with Crippen molar-refractivity contribution in [3.8, 4) is 0 Å². The maximum absolute atomic E-state index is 3.24. The molecule has 62 valence electrons. The lowest BCUT2D eigenvalue weighted by molar-refractivity contribution is 0.738. The van der Waals surface area contributed by atoms with Crippen molar-refractivity contribution in [2.24, 2.45) is 0 Å². The number of hydrogen-bond donors (Lipinski definition) is 3. The van der Waals surface area contributed by atoms with E-state index in [1.54, 1.807) is 0 Å². The van der Waals surface area contributed by atoms with Crippen LogP contribution in [-0.2, 0) is 0 Å². The normalized spacial score (nSPS) is 9.91. The Balaban J connectivity index is 2.04. The second kappa shape index (κ2) is 4.79. The molecule has 0 saturated heterocycles. The standard InChI is InChI=1S/C8H15N3/c1-2-9-6-7-11-8-4-3-5-10-8/h3-5,9-11H,2,6-7H2,1H3. The molecule has 0 spiro atoms. The van der Waals surface area contributed by atoms with E-state index in [-0.39, 0.29) is 0 Å². The molecule has 1 aromatic heterocycles. The average Bonchev–Trinajstić information content (AvgIpc) is 2.50. The largest absolute Gasteiger partial charge is 0.370 e. The van der Waals surface area contributed by atoms with Gasteiger partial charge in [-0.25, -0.2) is 0 Å². The zero-order valence-corrected chi connectivity index (χ0v) is 6.85. The number of aromatic nitrogens is 1. The monoisotopic (exact) mass is 153 g/mol. The van der Waals surface area contributed by atoms with Gasteiger partial charge in [0.2, 0.25) is 0 Å². The highest BCUT2D eigenvalue weighted by atomic mass is 15.0. The Morgan fingerprint density at radius 1 is 1.45 bits per heavy atom. The summed E-state index contributed by atoms with van der Waals surface area (Å²) in [5, 5.41) is 6.48. The molecule has 3 N–H and O–H groups in total. The molecule has 1 heterocycles. The topological polar surface area (TPSA) is 39.8 Å². The molecule has 1 aromatic rings. The van der Waals surface area contributed by atoms with Crippen LogP contribution in [0.1, 0.15) is 6.92 Å². The minimum Gasteiger partial charge on any atom is -0.370 e. The molecule has 0 radical (unpaired) electrons. The molecule has 3 nitrogen and oxygen atoms in total. The molecule has 0 saturated carbocycles. The van der Waals surface area contributed by atoms with Crippen molar-refractivity contribution in [1.29, 1.82) is 0 Å². The quantitative estimate of drug-likeness (QED) is 0.553. The number of hydrogen-bond acceptors (Lipinski definition) is 2. The molecule has 3 heteroatoms. The summed E-state index contributed by atoms with van der Waals surface area (Å²) < 4.78 is 0. The molecule has 0 amide bonds. The van der Waals surface area contributed by atoms with Crippen molar-refractivity contribution in [2.75, 3.05) is 25.0 Å². The van der Waals surface area contributed by atoms with Gasteiger partial charge in [0.25, 0.3) is 0 Å². The van der Waals surface area contributed by atoms with E-state index in [9.17, 15) is 0 Å². The van der Waals surface area contributed by atoms with Crippen LogP contribution in [0.5, 0.6) is 0 Å². The van der Waals surface area contributed by atoms with Gasteiger partial charge in [-0.15, -0.1) is 0 Å². The van der Waals surface area contributed by atoms with Gasteiger partial charge in [-0.2, -0.15) is 0 Å². The van der Waals surface area contributed by atoms with Crippen LogP contribution in [0.3, 0.4) is 0 Å². The Hall–Kier alpha value is -0.960. The minimum atomic E-state index is 0.967. The number of H-pyrrole nitrogens is 1. The van der Waals surface area contributed by atoms with Gasteiger partial charge < -0.3 is 15.6 Å². The molecule has 0 aliphatic heterocycles. The zero-order valence-electron chi connectivity index (χ0n) is 6.85. The molecule has 11 heavy (non-hydrogen) atoms. The third-order valence-electron chi connectivity index (χ3n) is 1.47. The van der Waals surface area contributed by atoms with E-state index in [0.717, 1.165) is 25.5 Å². The van der Waals surface area contributed by atoms with Crippen LogP contribution in [0.2, 0.25) is 0 Å². The fourth-order valence-corrected chi connectivity index (χ4v) is 0.903. The van der Waals surface area contributed by atoms with Gasteiger partial charge in [0.15, 0.2) is 0 Å². The summed E-state index contributed by atoms with van der Waals surface area (Å²) in [5.41, 5.74) is 0. The third kappa shape index (κ3) is 3.09. The first kappa shape index (κ1) is 8.14. The van der Waals surface area contributed by atoms with Crippen LogP contribution in [-0.4, -0.2) is 24.6 Å². The Kier molecular flexibility index (Phi) is 3.55. The lowest BCUT2D eigenvalue weighted by atomic mass is 10.5. The van der Waals surface area contributed by atoms with E-state index in [4.69, 9.17) is 0 Å². The van der Waals surface area contributed by atoms with E-state index in [1.165, 1.54) is 0 Å². The lowest BCUT2D eigenvalue weighted by Gasteiger charge is -2.03. The molecule has 1 rings (SSSR count). The van der Waals surface area contributed by atoms with E-state index in [0.29, 0.717) is 0 Å². The number of likely N-dealkylation sites (N-methyl/N-ethyl adjacent to an activating group) is 1. The van der Waals surface area contributed by atoms with Gasteiger partial charge in [-0.05, 0) is 18.7 Å². The number of anilines is 1. The fourth-order valence-electron chi connectivity index (χ4n) is 0.903. The van der Waals surface area contributed by atoms with Gasteiger partial charge in [0.1, 0.15) is 5.82 Å². The van der Waals surface area contributed by atoms with Crippen LogP contribution >= 0.6 is 0 Å². The van der Waals surface area contributed by atoms with Gasteiger partial charge in [0.05, 0.1) is 0 Å². The second-order valence-corrected chi connectivity index (χ2v) is 2.36. The van der Waals surface area contributed by atoms with Crippen LogP contribution in [0.4, 0.5) is 5.82 Å². The van der Waals surface area contributed by atoms with Crippen molar-refractivity contribution in [3.63, 3.8) is 0 Å². The smallest absolute Gasteiger partial charge is 0.103 e. The Morgan fingerprint density at radius 2 is 2.36 bits per heavy atom. The highest BCUT2D eigenvalue weighted by Crippen LogP contribution is 1.98. The highest BCUT2D eigenvalue weighted by molar-refractivity contribution is 5.33. The average molecular weight is 153 g/mol. The van der Waals surface area contributed by atoms with Crippen molar-refractivity contribution in [3.05, 3.63) is 18.3 Å². The van der Waals surface area contributed by atoms with Crippen LogP contribution in [0.25, 0.3) is 0 Å². The van der Waals surface area contributed by atoms with E-state index in [1.807, 2.05) is 18.3 Å². The van der Waals surface area contributed by atoms with Crippen LogP contribution in [0, 0.1) is 0 Å². The second-order valence-electron chi connectivity index (χ2n) is 2.36. The SMILES string of the molecule is CCNCCNc1ccc[nH]1. The van der Waals surface area contributed by atoms with E-state index in [2.05, 4.69) is 22.5 Å². The molecule has 0 aliphatic rings. The molecule has 0 aromatic carbocycles. The van der Waals surface area contributed by atoms with Crippen molar-refractivity contribution >= 4 is 5.82 Å². The summed E-state index contributed by atoms with van der Waals surface area (Å²) in [6.45, 7) is 5.12. The van der Waals surface area contributed by atoms with Gasteiger partial charge in [-0.3, -0.25) is 0 Å². The Bertz CT molecular complexity index is 169. The first-order valence-electron chi connectivity index (χ1n) is 4.01. The van der Waals surface area contributed by atoms with Crippen molar-refractivity contribution in [2.45, 2.75) is 6.92 Å². The summed E-state index contributed by atoms with van der Waals surface area (Å²) in [6.07, 6.45) is 1.91. The summed E-state index contributed by atoms with van der Waals surface area (Å²) in [4.78, 5) is 3.08. The number of aromatic amines is 1. The summed E-state index contributed by atoms with van der Waals surface area (Å²) >= 11 is 0. The fraction of sp³-hybridized carbons (Fsp3) is 0.500. The molecule has 0 fully saturated rings. The molecule has 0 atom stereocenters. The van der Waals surface area contributed by atoms with Gasteiger partial charge in [0, 0.05) is 19.3 Å². The molecule has 0 unspecified atom stereocenters. The van der Waals surface area contributed by atoms with Crippen LogP contribution in [0.15, 0.2) is 18.3 Å². The van der Waals surface area contributed by atoms with Crippen molar-refractivity contribution < 1.29 is 0 Å². The summed E-state index contributed by atoms with van der Waals surface area (Å²) in [7, 11) is 0. The maximum Gasteiger partial charge on any atom is 0.103 e. The number of nitrogens with one attached hydrogen (secondary N) is 3. The molecular weight excluding hydrogens is 138 g/mol. The first-order chi connectivity index (χ1) is 5.43. The van der Waals surface area contributed by atoms with E-state index < -0.39 is 0 Å². The predicted molar refractivity (Wildman–Crippen MR) is 47.8 cm³/mol.